The Morgan fingerprint density at radius 2 is 1.95 bits per heavy atom. The molecule has 1 unspecified atom stereocenters. The van der Waals surface area contributed by atoms with Gasteiger partial charge in [0.2, 0.25) is 0 Å². The van der Waals surface area contributed by atoms with Crippen LogP contribution in [-0.4, -0.2) is 22.8 Å². The van der Waals surface area contributed by atoms with E-state index in [9.17, 15) is 14.7 Å². The molecule has 0 aliphatic heterocycles. The number of Topliss-reactive ketones (excluding diaryl/α,β-unsaturated/α-hetero) is 1. The summed E-state index contributed by atoms with van der Waals surface area (Å²) in [5.41, 5.74) is -0.388. The van der Waals surface area contributed by atoms with E-state index in [1.165, 1.54) is 0 Å². The zero-order valence-corrected chi connectivity index (χ0v) is 13.5. The third-order valence-corrected chi connectivity index (χ3v) is 7.69. The van der Waals surface area contributed by atoms with Crippen molar-refractivity contribution in [2.45, 2.75) is 58.5 Å². The summed E-state index contributed by atoms with van der Waals surface area (Å²) in [5, 5.41) is 10.9. The van der Waals surface area contributed by atoms with Gasteiger partial charge in [-0.1, -0.05) is 19.9 Å². The van der Waals surface area contributed by atoms with Crippen molar-refractivity contribution >= 4 is 11.6 Å². The smallest absolute Gasteiger partial charge is 0.155 e. The molecule has 1 N–H and O–H groups in total. The zero-order chi connectivity index (χ0) is 15.7. The SMILES string of the molecule is C[C@]12C=CC(=O)CC1CC[C@@H]1[C@@H]2[C@H](O)C[C@]2(C)C(=O)CC[C@@H]12. The van der Waals surface area contributed by atoms with Crippen LogP contribution in [0.4, 0.5) is 0 Å². The number of rotatable bonds is 0. The van der Waals surface area contributed by atoms with Crippen molar-refractivity contribution in [3.8, 4) is 0 Å². The van der Waals surface area contributed by atoms with Crippen LogP contribution in [0.3, 0.4) is 0 Å². The van der Waals surface area contributed by atoms with Crippen LogP contribution >= 0.6 is 0 Å². The molecule has 22 heavy (non-hydrogen) atoms. The summed E-state index contributed by atoms with van der Waals surface area (Å²) < 4.78 is 0. The van der Waals surface area contributed by atoms with Crippen LogP contribution in [0.25, 0.3) is 0 Å². The van der Waals surface area contributed by atoms with Gasteiger partial charge >= 0.3 is 0 Å². The number of carbonyl (C=O) groups excluding carboxylic acids is 2. The third kappa shape index (κ3) is 1.72. The van der Waals surface area contributed by atoms with E-state index in [2.05, 4.69) is 19.9 Å². The van der Waals surface area contributed by atoms with Crippen molar-refractivity contribution in [1.82, 2.24) is 0 Å². The second-order valence-corrected chi connectivity index (χ2v) is 8.59. The molecule has 3 nitrogen and oxygen atoms in total. The van der Waals surface area contributed by atoms with Crippen molar-refractivity contribution in [1.29, 1.82) is 0 Å². The average Bonchev–Trinajstić information content (AvgIpc) is 2.75. The predicted octanol–water partition coefficient (Wildman–Crippen LogP) is 2.91. The van der Waals surface area contributed by atoms with Crippen molar-refractivity contribution in [3.05, 3.63) is 12.2 Å². The molecule has 0 aromatic rings. The van der Waals surface area contributed by atoms with Crippen LogP contribution in [0, 0.1) is 34.5 Å². The molecule has 0 aromatic heterocycles. The molecule has 3 fully saturated rings. The fraction of sp³-hybridized carbons (Fsp3) is 0.789. The number of carbonyl (C=O) groups is 2. The first kappa shape index (κ1) is 14.6. The Hall–Kier alpha value is -0.960. The lowest BCUT2D eigenvalue weighted by atomic mass is 9.45. The van der Waals surface area contributed by atoms with Gasteiger partial charge in [0.25, 0.3) is 0 Å². The Kier molecular flexibility index (Phi) is 3.01. The fourth-order valence-corrected chi connectivity index (χ4v) is 6.53. The standard InChI is InChI=1S/C19H26O3/c1-18-8-7-12(20)9-11(18)3-4-13-14-5-6-16(22)19(14,2)10-15(21)17(13)18/h7-8,11,13-15,17,21H,3-6,9-10H2,1-2H3/t11?,13-,14-,15+,17+,18-,19-/m0/s1. The molecule has 3 saturated carbocycles. The number of aliphatic hydroxyl groups is 1. The lowest BCUT2D eigenvalue weighted by Crippen LogP contribution is -2.58. The number of fused-ring (bicyclic) bond motifs is 5. The fourth-order valence-electron chi connectivity index (χ4n) is 6.53. The van der Waals surface area contributed by atoms with Crippen LogP contribution in [0.2, 0.25) is 0 Å². The van der Waals surface area contributed by atoms with Gasteiger partial charge < -0.3 is 5.11 Å². The number of hydrogen-bond donors (Lipinski definition) is 1. The van der Waals surface area contributed by atoms with Crippen LogP contribution < -0.4 is 0 Å². The van der Waals surface area contributed by atoms with Gasteiger partial charge in [-0.3, -0.25) is 9.59 Å². The quantitative estimate of drug-likeness (QED) is 0.748. The van der Waals surface area contributed by atoms with E-state index in [4.69, 9.17) is 0 Å². The van der Waals surface area contributed by atoms with Gasteiger partial charge in [-0.2, -0.15) is 0 Å². The van der Waals surface area contributed by atoms with Gasteiger partial charge in [-0.15, -0.1) is 0 Å². The van der Waals surface area contributed by atoms with Crippen LogP contribution in [-0.2, 0) is 9.59 Å². The lowest BCUT2D eigenvalue weighted by Gasteiger charge is -2.59. The Morgan fingerprint density at radius 1 is 1.18 bits per heavy atom. The molecule has 4 rings (SSSR count). The van der Waals surface area contributed by atoms with Crippen molar-refractivity contribution in [2.75, 3.05) is 0 Å². The molecule has 7 atom stereocenters. The molecule has 4 aliphatic rings. The van der Waals surface area contributed by atoms with Crippen molar-refractivity contribution in [3.63, 3.8) is 0 Å². The van der Waals surface area contributed by atoms with Crippen molar-refractivity contribution < 1.29 is 14.7 Å². The maximum atomic E-state index is 12.4. The monoisotopic (exact) mass is 302 g/mol. The zero-order valence-electron chi connectivity index (χ0n) is 13.5. The molecular weight excluding hydrogens is 276 g/mol. The van der Waals surface area contributed by atoms with Gasteiger partial charge in [0, 0.05) is 18.3 Å². The number of aliphatic hydroxyl groups excluding tert-OH is 1. The normalized spacial score (nSPS) is 53.9. The Balaban J connectivity index is 1.75. The van der Waals surface area contributed by atoms with E-state index in [1.807, 2.05) is 0 Å². The minimum absolute atomic E-state index is 0.0801. The molecule has 0 saturated heterocycles. The maximum absolute atomic E-state index is 12.4. The van der Waals surface area contributed by atoms with E-state index < -0.39 is 6.10 Å². The molecule has 0 bridgehead atoms. The van der Waals surface area contributed by atoms with Crippen LogP contribution in [0.15, 0.2) is 12.2 Å². The largest absolute Gasteiger partial charge is 0.393 e. The molecule has 0 radical (unpaired) electrons. The minimum atomic E-state index is -0.418. The first-order valence-electron chi connectivity index (χ1n) is 8.80. The summed E-state index contributed by atoms with van der Waals surface area (Å²) in [6, 6.07) is 0. The average molecular weight is 302 g/mol. The summed E-state index contributed by atoms with van der Waals surface area (Å²) in [7, 11) is 0. The Morgan fingerprint density at radius 3 is 2.73 bits per heavy atom. The summed E-state index contributed by atoms with van der Waals surface area (Å²) >= 11 is 0. The molecule has 120 valence electrons. The van der Waals surface area contributed by atoms with E-state index in [0.717, 1.165) is 19.3 Å². The lowest BCUT2D eigenvalue weighted by molar-refractivity contribution is -0.155. The molecule has 0 heterocycles. The molecule has 0 aromatic carbocycles. The number of hydrogen-bond acceptors (Lipinski definition) is 3. The second-order valence-electron chi connectivity index (χ2n) is 8.59. The van der Waals surface area contributed by atoms with Gasteiger partial charge in [-0.25, -0.2) is 0 Å². The van der Waals surface area contributed by atoms with E-state index in [0.29, 0.717) is 42.8 Å². The van der Waals surface area contributed by atoms with E-state index >= 15 is 0 Å². The summed E-state index contributed by atoms with van der Waals surface area (Å²) in [4.78, 5) is 24.2. The summed E-state index contributed by atoms with van der Waals surface area (Å²) in [6.07, 6.45) is 8.45. The number of allylic oxidation sites excluding steroid dienone is 2. The van der Waals surface area contributed by atoms with Gasteiger partial charge in [-0.05, 0) is 60.8 Å². The maximum Gasteiger partial charge on any atom is 0.155 e. The molecular formula is C19H26O3. The highest BCUT2D eigenvalue weighted by molar-refractivity contribution is 5.91. The van der Waals surface area contributed by atoms with Crippen molar-refractivity contribution in [2.24, 2.45) is 34.5 Å². The van der Waals surface area contributed by atoms with E-state index in [1.54, 1.807) is 6.08 Å². The van der Waals surface area contributed by atoms with Gasteiger partial charge in [0.1, 0.15) is 5.78 Å². The highest BCUT2D eigenvalue weighted by Gasteiger charge is 2.62. The second kappa shape index (κ2) is 4.53. The van der Waals surface area contributed by atoms with Gasteiger partial charge in [0.05, 0.1) is 6.10 Å². The number of ketones is 2. The van der Waals surface area contributed by atoms with Crippen LogP contribution in [0.5, 0.6) is 0 Å². The Bertz CT molecular complexity index is 565. The van der Waals surface area contributed by atoms with Crippen LogP contribution in [0.1, 0.15) is 52.4 Å². The van der Waals surface area contributed by atoms with Gasteiger partial charge in [0.15, 0.2) is 5.78 Å². The molecule has 4 aliphatic carbocycles. The first-order valence-corrected chi connectivity index (χ1v) is 8.80. The molecule has 0 amide bonds. The molecule has 3 heteroatoms. The topological polar surface area (TPSA) is 54.4 Å². The highest BCUT2D eigenvalue weighted by Crippen LogP contribution is 2.64. The predicted molar refractivity (Wildman–Crippen MR) is 83.0 cm³/mol. The summed E-state index contributed by atoms with van der Waals surface area (Å²) in [5.74, 6) is 2.02. The Labute approximate surface area is 132 Å². The van der Waals surface area contributed by atoms with E-state index in [-0.39, 0.29) is 22.5 Å². The third-order valence-electron chi connectivity index (χ3n) is 7.69. The first-order chi connectivity index (χ1) is 10.4. The molecule has 0 spiro atoms. The highest BCUT2D eigenvalue weighted by atomic mass is 16.3. The minimum Gasteiger partial charge on any atom is -0.393 e. The summed E-state index contributed by atoms with van der Waals surface area (Å²) in [6.45, 7) is 4.32.